The van der Waals surface area contributed by atoms with Crippen molar-refractivity contribution < 1.29 is 19.3 Å². The Kier molecular flexibility index (Phi) is 5.23. The highest BCUT2D eigenvalue weighted by Gasteiger charge is 2.48. The lowest BCUT2D eigenvalue weighted by atomic mass is 9.97. The molecular weight excluding hydrogens is 244 g/mol. The fraction of sp³-hybridized carbons (Fsp3) is 0.867. The molecule has 0 aromatic carbocycles. The van der Waals surface area contributed by atoms with Gasteiger partial charge in [0.15, 0.2) is 6.29 Å². The van der Waals surface area contributed by atoms with E-state index >= 15 is 0 Å². The van der Waals surface area contributed by atoms with Crippen LogP contribution in [0.15, 0.2) is 0 Å². The zero-order valence-electron chi connectivity index (χ0n) is 11.7. The number of hydrogen-bond donors (Lipinski definition) is 1. The van der Waals surface area contributed by atoms with Gasteiger partial charge in [-0.1, -0.05) is 6.92 Å². The summed E-state index contributed by atoms with van der Waals surface area (Å²) in [5, 5.41) is 9.96. The van der Waals surface area contributed by atoms with Crippen molar-refractivity contribution in [2.45, 2.75) is 57.7 Å². The minimum atomic E-state index is -0.580. The molecule has 108 valence electrons. The summed E-state index contributed by atoms with van der Waals surface area (Å²) in [6.45, 7) is 5.30. The van der Waals surface area contributed by atoms with Crippen molar-refractivity contribution in [3.05, 3.63) is 0 Å². The highest BCUT2D eigenvalue weighted by atomic mass is 16.7. The summed E-state index contributed by atoms with van der Waals surface area (Å²) in [5.41, 5.74) is 0. The number of epoxide rings is 1. The third-order valence-corrected chi connectivity index (χ3v) is 3.92. The molecule has 0 aliphatic carbocycles. The standard InChI is InChI=1S/C15H24O4/c1-4-10(2)13(16)15-14(19-15)11(3)9-18-12-7-5-6-8-17-12/h1,10-16H,5-9H2,2-3H3/t10-,11+,12?,13+,14+,15+/m0/s1. The summed E-state index contributed by atoms with van der Waals surface area (Å²) < 4.78 is 16.8. The Labute approximate surface area is 115 Å². The van der Waals surface area contributed by atoms with Crippen LogP contribution in [-0.4, -0.2) is 42.9 Å². The van der Waals surface area contributed by atoms with Gasteiger partial charge in [0.25, 0.3) is 0 Å². The fourth-order valence-corrected chi connectivity index (χ4v) is 2.45. The summed E-state index contributed by atoms with van der Waals surface area (Å²) in [7, 11) is 0. The molecule has 0 bridgehead atoms. The van der Waals surface area contributed by atoms with E-state index in [1.54, 1.807) is 0 Å². The Balaban J connectivity index is 1.67. The SMILES string of the molecule is C#C[C@H](C)[C@@H](O)[C@H]1O[C@@H]1[C@H](C)COC1CCCCO1. The number of ether oxygens (including phenoxy) is 3. The molecule has 2 heterocycles. The molecule has 0 saturated carbocycles. The molecule has 4 heteroatoms. The molecule has 1 unspecified atom stereocenters. The van der Waals surface area contributed by atoms with Gasteiger partial charge in [-0.05, 0) is 26.2 Å². The van der Waals surface area contributed by atoms with Crippen LogP contribution in [0.4, 0.5) is 0 Å². The van der Waals surface area contributed by atoms with Gasteiger partial charge in [-0.25, -0.2) is 0 Å². The monoisotopic (exact) mass is 268 g/mol. The number of terminal acetylenes is 1. The zero-order valence-corrected chi connectivity index (χ0v) is 11.7. The minimum Gasteiger partial charge on any atom is -0.389 e. The van der Waals surface area contributed by atoms with Crippen molar-refractivity contribution in [1.29, 1.82) is 0 Å². The second-order valence-electron chi connectivity index (χ2n) is 5.62. The molecule has 2 rings (SSSR count). The summed E-state index contributed by atoms with van der Waals surface area (Å²) >= 11 is 0. The molecule has 0 amide bonds. The van der Waals surface area contributed by atoms with Crippen LogP contribution in [-0.2, 0) is 14.2 Å². The topological polar surface area (TPSA) is 51.2 Å². The first kappa shape index (κ1) is 14.8. The lowest BCUT2D eigenvalue weighted by molar-refractivity contribution is -0.169. The highest BCUT2D eigenvalue weighted by molar-refractivity contribution is 5.03. The summed E-state index contributed by atoms with van der Waals surface area (Å²) in [6, 6.07) is 0. The Morgan fingerprint density at radius 1 is 1.37 bits per heavy atom. The molecule has 4 nitrogen and oxygen atoms in total. The normalized spacial score (nSPS) is 35.2. The van der Waals surface area contributed by atoms with Crippen LogP contribution in [0.1, 0.15) is 33.1 Å². The Morgan fingerprint density at radius 2 is 2.16 bits per heavy atom. The second-order valence-corrected chi connectivity index (χ2v) is 5.62. The number of rotatable bonds is 6. The van der Waals surface area contributed by atoms with Gasteiger partial charge in [-0.3, -0.25) is 0 Å². The molecule has 2 saturated heterocycles. The Hall–Kier alpha value is -0.600. The van der Waals surface area contributed by atoms with Crippen molar-refractivity contribution in [2.24, 2.45) is 11.8 Å². The maximum Gasteiger partial charge on any atom is 0.157 e. The first-order valence-electron chi connectivity index (χ1n) is 7.16. The van der Waals surface area contributed by atoms with Crippen molar-refractivity contribution in [3.63, 3.8) is 0 Å². The number of hydrogen-bond acceptors (Lipinski definition) is 4. The second kappa shape index (κ2) is 6.71. The fourth-order valence-electron chi connectivity index (χ4n) is 2.45. The van der Waals surface area contributed by atoms with Gasteiger partial charge in [0.2, 0.25) is 0 Å². The molecule has 2 fully saturated rings. The molecule has 0 radical (unpaired) electrons. The average molecular weight is 268 g/mol. The molecule has 1 N–H and O–H groups in total. The lowest BCUT2D eigenvalue weighted by Crippen LogP contribution is -2.29. The minimum absolute atomic E-state index is 0.0504. The molecule has 2 aliphatic heterocycles. The van der Waals surface area contributed by atoms with E-state index < -0.39 is 6.10 Å². The average Bonchev–Trinajstić information content (AvgIpc) is 3.24. The van der Waals surface area contributed by atoms with E-state index in [0.29, 0.717) is 6.61 Å². The van der Waals surface area contributed by atoms with Crippen LogP contribution in [0.25, 0.3) is 0 Å². The van der Waals surface area contributed by atoms with Gasteiger partial charge in [-0.2, -0.15) is 0 Å². The number of aliphatic hydroxyl groups is 1. The van der Waals surface area contributed by atoms with Gasteiger partial charge in [0, 0.05) is 18.4 Å². The number of aliphatic hydroxyl groups excluding tert-OH is 1. The van der Waals surface area contributed by atoms with E-state index in [0.717, 1.165) is 19.4 Å². The van der Waals surface area contributed by atoms with E-state index in [9.17, 15) is 5.11 Å². The molecule has 6 atom stereocenters. The van der Waals surface area contributed by atoms with Crippen molar-refractivity contribution in [1.82, 2.24) is 0 Å². The highest BCUT2D eigenvalue weighted by Crippen LogP contribution is 2.34. The van der Waals surface area contributed by atoms with Gasteiger partial charge in [0.05, 0.1) is 18.8 Å². The third-order valence-electron chi connectivity index (χ3n) is 3.92. The maximum absolute atomic E-state index is 9.96. The zero-order chi connectivity index (χ0) is 13.8. The van der Waals surface area contributed by atoms with Gasteiger partial charge in [-0.15, -0.1) is 12.3 Å². The van der Waals surface area contributed by atoms with Gasteiger partial charge < -0.3 is 19.3 Å². The predicted octanol–water partition coefficient (Wildman–Crippen LogP) is 1.56. The van der Waals surface area contributed by atoms with Gasteiger partial charge >= 0.3 is 0 Å². The Morgan fingerprint density at radius 3 is 2.79 bits per heavy atom. The summed E-state index contributed by atoms with van der Waals surface area (Å²) in [4.78, 5) is 0. The van der Waals surface area contributed by atoms with Crippen molar-refractivity contribution in [3.8, 4) is 12.3 Å². The quantitative estimate of drug-likeness (QED) is 0.587. The van der Waals surface area contributed by atoms with Gasteiger partial charge in [0.1, 0.15) is 6.10 Å². The summed E-state index contributed by atoms with van der Waals surface area (Å²) in [5.74, 6) is 2.62. The van der Waals surface area contributed by atoms with Crippen LogP contribution in [0.2, 0.25) is 0 Å². The Bertz CT molecular complexity index is 319. The summed E-state index contributed by atoms with van der Waals surface area (Å²) in [6.07, 6.45) is 7.83. The molecule has 0 aromatic rings. The van der Waals surface area contributed by atoms with Crippen LogP contribution >= 0.6 is 0 Å². The van der Waals surface area contributed by atoms with Crippen LogP contribution in [0.3, 0.4) is 0 Å². The van der Waals surface area contributed by atoms with E-state index in [4.69, 9.17) is 20.6 Å². The molecule has 0 aromatic heterocycles. The molecular formula is C15H24O4. The van der Waals surface area contributed by atoms with Crippen molar-refractivity contribution in [2.75, 3.05) is 13.2 Å². The van der Waals surface area contributed by atoms with Crippen LogP contribution in [0.5, 0.6) is 0 Å². The van der Waals surface area contributed by atoms with E-state index in [1.807, 2.05) is 6.92 Å². The lowest BCUT2D eigenvalue weighted by Gasteiger charge is -2.24. The molecule has 19 heavy (non-hydrogen) atoms. The van der Waals surface area contributed by atoms with Crippen LogP contribution in [0, 0.1) is 24.2 Å². The third kappa shape index (κ3) is 3.93. The van der Waals surface area contributed by atoms with Crippen molar-refractivity contribution >= 4 is 0 Å². The van der Waals surface area contributed by atoms with E-state index in [-0.39, 0.29) is 30.3 Å². The van der Waals surface area contributed by atoms with E-state index in [1.165, 1.54) is 6.42 Å². The largest absolute Gasteiger partial charge is 0.389 e. The first-order chi connectivity index (χ1) is 9.13. The van der Waals surface area contributed by atoms with E-state index in [2.05, 4.69) is 12.8 Å². The molecule has 2 aliphatic rings. The maximum atomic E-state index is 9.96. The smallest absolute Gasteiger partial charge is 0.157 e. The van der Waals surface area contributed by atoms with Crippen LogP contribution < -0.4 is 0 Å². The molecule has 0 spiro atoms. The predicted molar refractivity (Wildman–Crippen MR) is 71.4 cm³/mol. The first-order valence-corrected chi connectivity index (χ1v) is 7.16.